The zero-order valence-electron chi connectivity index (χ0n) is 13.8. The van der Waals surface area contributed by atoms with E-state index in [2.05, 4.69) is 23.4 Å². The van der Waals surface area contributed by atoms with Crippen molar-refractivity contribution in [3.05, 3.63) is 18.2 Å². The van der Waals surface area contributed by atoms with E-state index in [9.17, 15) is 4.79 Å². The van der Waals surface area contributed by atoms with Gasteiger partial charge in [0.15, 0.2) is 0 Å². The number of carbonyl (C=O) groups is 1. The molecule has 2 heterocycles. The third-order valence-electron chi connectivity index (χ3n) is 3.83. The van der Waals surface area contributed by atoms with Crippen molar-refractivity contribution in [3.8, 4) is 0 Å². The zero-order valence-corrected chi connectivity index (χ0v) is 13.8. The van der Waals surface area contributed by atoms with Crippen molar-refractivity contribution in [1.29, 1.82) is 0 Å². The molecule has 1 unspecified atom stereocenters. The number of imidazole rings is 1. The smallest absolute Gasteiger partial charge is 0.410 e. The van der Waals surface area contributed by atoms with Crippen molar-refractivity contribution in [2.75, 3.05) is 13.1 Å². The highest BCUT2D eigenvalue weighted by Gasteiger charge is 2.36. The molecule has 1 fully saturated rings. The van der Waals surface area contributed by atoms with Crippen LogP contribution in [-0.2, 0) is 4.74 Å². The van der Waals surface area contributed by atoms with Crippen LogP contribution in [0.2, 0.25) is 0 Å². The van der Waals surface area contributed by atoms with Gasteiger partial charge in [-0.2, -0.15) is 0 Å². The third-order valence-corrected chi connectivity index (χ3v) is 3.83. The van der Waals surface area contributed by atoms with Gasteiger partial charge < -0.3 is 14.2 Å². The van der Waals surface area contributed by atoms with Gasteiger partial charge in [0.2, 0.25) is 0 Å². The Kier molecular flexibility index (Phi) is 4.59. The number of carbonyl (C=O) groups excluding carboxylic acids is 1. The molecule has 0 aliphatic carbocycles. The molecule has 5 nitrogen and oxygen atoms in total. The fraction of sp³-hybridized carbons (Fsp3) is 0.750. The van der Waals surface area contributed by atoms with Crippen molar-refractivity contribution in [2.45, 2.75) is 65.0 Å². The lowest BCUT2D eigenvalue weighted by Crippen LogP contribution is -2.50. The molecule has 1 aliphatic heterocycles. The first kappa shape index (κ1) is 15.9. The van der Waals surface area contributed by atoms with Crippen LogP contribution >= 0.6 is 0 Å². The summed E-state index contributed by atoms with van der Waals surface area (Å²) in [6.45, 7) is 11.5. The minimum Gasteiger partial charge on any atom is -0.444 e. The van der Waals surface area contributed by atoms with Gasteiger partial charge in [-0.1, -0.05) is 13.3 Å². The average Bonchev–Trinajstić information content (AvgIpc) is 2.73. The lowest BCUT2D eigenvalue weighted by Gasteiger charge is -2.40. The van der Waals surface area contributed by atoms with Crippen molar-refractivity contribution in [1.82, 2.24) is 14.5 Å². The molecule has 1 saturated heterocycles. The monoisotopic (exact) mass is 293 g/mol. The lowest BCUT2D eigenvalue weighted by molar-refractivity contribution is 0.00750. The van der Waals surface area contributed by atoms with Gasteiger partial charge in [0.1, 0.15) is 5.60 Å². The van der Waals surface area contributed by atoms with Gasteiger partial charge in [-0.3, -0.25) is 0 Å². The second-order valence-corrected chi connectivity index (χ2v) is 6.95. The van der Waals surface area contributed by atoms with E-state index in [0.29, 0.717) is 12.0 Å². The minimum absolute atomic E-state index is 0.216. The summed E-state index contributed by atoms with van der Waals surface area (Å²) in [6, 6.07) is 0.461. The van der Waals surface area contributed by atoms with Crippen LogP contribution < -0.4 is 0 Å². The second kappa shape index (κ2) is 6.08. The maximum absolute atomic E-state index is 12.0. The Morgan fingerprint density at radius 1 is 1.48 bits per heavy atom. The molecule has 0 saturated carbocycles. The summed E-state index contributed by atoms with van der Waals surface area (Å²) in [5.74, 6) is 0.374. The van der Waals surface area contributed by atoms with Crippen molar-refractivity contribution < 1.29 is 9.53 Å². The van der Waals surface area contributed by atoms with Gasteiger partial charge >= 0.3 is 6.09 Å². The lowest BCUT2D eigenvalue weighted by atomic mass is 9.96. The van der Waals surface area contributed by atoms with Gasteiger partial charge in [-0.15, -0.1) is 0 Å². The highest BCUT2D eigenvalue weighted by molar-refractivity contribution is 5.69. The normalized spacial score (nSPS) is 17.5. The molecule has 1 aliphatic rings. The van der Waals surface area contributed by atoms with Crippen LogP contribution in [0, 0.1) is 0 Å². The second-order valence-electron chi connectivity index (χ2n) is 6.95. The van der Waals surface area contributed by atoms with Crippen LogP contribution in [0.15, 0.2) is 12.5 Å². The van der Waals surface area contributed by atoms with E-state index >= 15 is 0 Å². The van der Waals surface area contributed by atoms with Crippen LogP contribution in [0.25, 0.3) is 0 Å². The number of hydrogen-bond donors (Lipinski definition) is 0. The van der Waals surface area contributed by atoms with Crippen LogP contribution in [0.3, 0.4) is 0 Å². The average molecular weight is 293 g/mol. The Morgan fingerprint density at radius 2 is 2.14 bits per heavy atom. The van der Waals surface area contributed by atoms with Gasteiger partial charge in [0.25, 0.3) is 0 Å². The summed E-state index contributed by atoms with van der Waals surface area (Å²) in [5, 5.41) is 0. The van der Waals surface area contributed by atoms with Crippen LogP contribution in [0.4, 0.5) is 4.79 Å². The number of rotatable bonds is 4. The molecule has 0 spiro atoms. The first-order chi connectivity index (χ1) is 9.81. The predicted octanol–water partition coefficient (Wildman–Crippen LogP) is 3.58. The van der Waals surface area contributed by atoms with Crippen molar-refractivity contribution in [2.24, 2.45) is 0 Å². The molecular weight excluding hydrogens is 266 g/mol. The number of aromatic nitrogens is 2. The fourth-order valence-electron chi connectivity index (χ4n) is 2.70. The maximum Gasteiger partial charge on any atom is 0.410 e. The topological polar surface area (TPSA) is 47.4 Å². The highest BCUT2D eigenvalue weighted by Crippen LogP contribution is 2.30. The Bertz CT molecular complexity index is 484. The maximum atomic E-state index is 12.0. The number of hydrogen-bond acceptors (Lipinski definition) is 3. The molecule has 0 N–H and O–H groups in total. The largest absolute Gasteiger partial charge is 0.444 e. The number of nitrogens with zero attached hydrogens (tertiary/aromatic N) is 3. The van der Waals surface area contributed by atoms with E-state index in [4.69, 9.17) is 4.74 Å². The number of ether oxygens (including phenoxy) is 1. The molecule has 21 heavy (non-hydrogen) atoms. The van der Waals surface area contributed by atoms with Gasteiger partial charge in [-0.05, 0) is 34.1 Å². The number of likely N-dealkylation sites (tertiary alicyclic amines) is 1. The Morgan fingerprint density at radius 3 is 2.71 bits per heavy atom. The summed E-state index contributed by atoms with van der Waals surface area (Å²) >= 11 is 0. The molecule has 1 amide bonds. The van der Waals surface area contributed by atoms with Crippen LogP contribution in [0.1, 0.15) is 65.1 Å². The summed E-state index contributed by atoms with van der Waals surface area (Å²) in [4.78, 5) is 18.0. The molecule has 0 radical (unpaired) electrons. The quantitative estimate of drug-likeness (QED) is 0.852. The summed E-state index contributed by atoms with van der Waals surface area (Å²) in [5.41, 5.74) is 0.801. The SMILES string of the molecule is CCCC(C)n1cncc1C1CN(C(=O)OC(C)(C)C)C1. The predicted molar refractivity (Wildman–Crippen MR) is 82.4 cm³/mol. The van der Waals surface area contributed by atoms with Crippen LogP contribution in [0.5, 0.6) is 0 Å². The Hall–Kier alpha value is -1.52. The summed E-state index contributed by atoms with van der Waals surface area (Å²) < 4.78 is 7.64. The third kappa shape index (κ3) is 3.77. The van der Waals surface area contributed by atoms with E-state index in [0.717, 1.165) is 25.9 Å². The molecule has 118 valence electrons. The van der Waals surface area contributed by atoms with E-state index in [1.54, 1.807) is 4.90 Å². The highest BCUT2D eigenvalue weighted by atomic mass is 16.6. The molecule has 1 atom stereocenters. The van der Waals surface area contributed by atoms with Gasteiger partial charge in [0.05, 0.1) is 6.33 Å². The molecule has 0 aromatic carbocycles. The van der Waals surface area contributed by atoms with Gasteiger partial charge in [0, 0.05) is 36.9 Å². The minimum atomic E-state index is -0.431. The molecule has 2 rings (SSSR count). The van der Waals surface area contributed by atoms with Gasteiger partial charge in [-0.25, -0.2) is 9.78 Å². The van der Waals surface area contributed by atoms with Crippen molar-refractivity contribution >= 4 is 6.09 Å². The van der Waals surface area contributed by atoms with Crippen molar-refractivity contribution in [3.63, 3.8) is 0 Å². The Balaban J connectivity index is 1.93. The molecular formula is C16H27N3O2. The molecule has 5 heteroatoms. The molecule has 1 aromatic rings. The first-order valence-electron chi connectivity index (χ1n) is 7.81. The molecule has 1 aromatic heterocycles. The van der Waals surface area contributed by atoms with E-state index in [1.807, 2.05) is 33.3 Å². The van der Waals surface area contributed by atoms with Crippen LogP contribution in [-0.4, -0.2) is 39.2 Å². The molecule has 0 bridgehead atoms. The van der Waals surface area contributed by atoms with E-state index < -0.39 is 5.60 Å². The summed E-state index contributed by atoms with van der Waals surface area (Å²) in [6.07, 6.45) is 5.93. The summed E-state index contributed by atoms with van der Waals surface area (Å²) in [7, 11) is 0. The zero-order chi connectivity index (χ0) is 15.6. The van der Waals surface area contributed by atoms with E-state index in [1.165, 1.54) is 5.69 Å². The van der Waals surface area contributed by atoms with E-state index in [-0.39, 0.29) is 6.09 Å². The standard InChI is InChI=1S/C16H27N3O2/c1-6-7-12(2)19-11-17-8-14(19)13-9-18(10-13)15(20)21-16(3,4)5/h8,11-13H,6-7,9-10H2,1-5H3. The number of amides is 1. The fourth-order valence-corrected chi connectivity index (χ4v) is 2.70. The first-order valence-corrected chi connectivity index (χ1v) is 7.81. The Labute approximate surface area is 127 Å².